The molecule has 96 heavy (non-hydrogen) atoms. The molecule has 2 aromatic rings. The van der Waals surface area contributed by atoms with Crippen LogP contribution in [0.4, 0.5) is 0 Å². The van der Waals surface area contributed by atoms with Gasteiger partial charge >= 0.3 is 11.9 Å². The maximum Gasteiger partial charge on any atom is 0.327 e. The molecule has 38 heteroatoms. The van der Waals surface area contributed by atoms with Crippen molar-refractivity contribution in [1.29, 1.82) is 0 Å². The second kappa shape index (κ2) is 39.6. The number of carboxylic acid groups (broad SMARTS) is 2. The van der Waals surface area contributed by atoms with Crippen LogP contribution in [0, 0.1) is 11.8 Å². The Morgan fingerprint density at radius 2 is 1.21 bits per heavy atom. The van der Waals surface area contributed by atoms with Gasteiger partial charge in [0.2, 0.25) is 76.8 Å². The summed E-state index contributed by atoms with van der Waals surface area (Å²) in [6.07, 6.45) is 1.62. The van der Waals surface area contributed by atoms with E-state index < -0.39 is 204 Å². The smallest absolute Gasteiger partial charge is 0.327 e. The summed E-state index contributed by atoms with van der Waals surface area (Å²) in [5.74, 6) is -17.5. The number of aromatic amines is 1. The van der Waals surface area contributed by atoms with E-state index in [1.807, 2.05) is 0 Å². The SMILES string of the molecule is CC(C)C[C@@H]1NC(=O)[C@H](CCCCN)NC(=O)[C@H](Cc2ccc(O)cc2)NC(=O)CNC(=O)[C@@H]2CSSC[C@H](NC1=O)C(=O)N[C@@H](Cc1cnc[nH]1)C(=O)N[C@H](CCC(=O)O)C(=O)N[C@H](C(=O)O)CSSC[C@H](NC(=O)[C@@H](NC(=O)CNC(=O)[C@@H]1CCC(=O)N1)C(C)C)C(=O)N2. The van der Waals surface area contributed by atoms with Crippen LogP contribution in [-0.2, 0) is 84.8 Å². The third kappa shape index (κ3) is 26.7. The van der Waals surface area contributed by atoms with Crippen molar-refractivity contribution >= 4 is 132 Å². The predicted octanol–water partition coefficient (Wildman–Crippen LogP) is -4.17. The number of hydrogen-bond acceptors (Lipinski definition) is 22. The number of nitrogens with zero attached hydrogens (tertiary/aromatic N) is 1. The molecule has 5 rings (SSSR count). The molecule has 3 aliphatic heterocycles. The second-order valence-corrected chi connectivity index (χ2v) is 28.6. The number of benzene rings is 1. The summed E-state index contributed by atoms with van der Waals surface area (Å²) in [5, 5.41) is 63.1. The van der Waals surface area contributed by atoms with Crippen LogP contribution in [0.5, 0.6) is 5.75 Å². The lowest BCUT2D eigenvalue weighted by atomic mass is 10.0. The fraction of sp³-hybridized carbons (Fsp3) is 0.586. The highest BCUT2D eigenvalue weighted by Crippen LogP contribution is 2.26. The highest BCUT2D eigenvalue weighted by Gasteiger charge is 2.38. The zero-order valence-corrected chi connectivity index (χ0v) is 56.4. The first kappa shape index (κ1) is 78.3. The quantitative estimate of drug-likeness (QED) is 0.0416. The van der Waals surface area contributed by atoms with Gasteiger partial charge in [-0.25, -0.2) is 9.78 Å². The molecule has 1 aromatic heterocycles. The zero-order valence-electron chi connectivity index (χ0n) is 53.1. The number of phenols is 1. The van der Waals surface area contributed by atoms with Crippen molar-refractivity contribution in [2.75, 3.05) is 42.6 Å². The lowest BCUT2D eigenvalue weighted by Gasteiger charge is -2.29. The lowest BCUT2D eigenvalue weighted by Crippen LogP contribution is -2.61. The largest absolute Gasteiger partial charge is 0.508 e. The van der Waals surface area contributed by atoms with Gasteiger partial charge in [0, 0.05) is 60.6 Å². The van der Waals surface area contributed by atoms with Crippen molar-refractivity contribution in [2.45, 2.75) is 158 Å². The molecule has 2 bridgehead atoms. The monoisotopic (exact) mass is 1420 g/mol. The van der Waals surface area contributed by atoms with Gasteiger partial charge in [-0.3, -0.25) is 67.1 Å². The first-order valence-corrected chi connectivity index (χ1v) is 35.8. The summed E-state index contributed by atoms with van der Waals surface area (Å²) >= 11 is 0. The number of carbonyl (C=O) groups excluding carboxylic acids is 13. The topological polar surface area (TPSA) is 528 Å². The van der Waals surface area contributed by atoms with E-state index in [4.69, 9.17) is 5.73 Å². The molecule has 34 nitrogen and oxygen atoms in total. The van der Waals surface area contributed by atoms with Gasteiger partial charge in [0.15, 0.2) is 0 Å². The van der Waals surface area contributed by atoms with Crippen molar-refractivity contribution < 1.29 is 87.2 Å². The molecule has 1 aromatic carbocycles. The number of rotatable bonds is 21. The summed E-state index contributed by atoms with van der Waals surface area (Å²) in [4.78, 5) is 214. The Kier molecular flexibility index (Phi) is 32.3. The van der Waals surface area contributed by atoms with Crippen molar-refractivity contribution in [1.82, 2.24) is 79.1 Å². The van der Waals surface area contributed by atoms with Gasteiger partial charge in [-0.1, -0.05) is 83.0 Å². The molecule has 0 saturated carbocycles. The Labute approximate surface area is 567 Å². The number of carbonyl (C=O) groups is 15. The number of aromatic hydroxyl groups is 1. The molecule has 0 spiro atoms. The Morgan fingerprint density at radius 3 is 1.81 bits per heavy atom. The summed E-state index contributed by atoms with van der Waals surface area (Å²) in [6, 6.07) is -11.0. The molecule has 3 aliphatic rings. The van der Waals surface area contributed by atoms with Crippen molar-refractivity contribution in [3.8, 4) is 5.75 Å². The van der Waals surface area contributed by atoms with Gasteiger partial charge in [-0.15, -0.1) is 0 Å². The van der Waals surface area contributed by atoms with E-state index in [-0.39, 0.29) is 68.3 Å². The number of amides is 13. The summed E-state index contributed by atoms with van der Waals surface area (Å²) in [7, 11) is 3.33. The highest BCUT2D eigenvalue weighted by molar-refractivity contribution is 8.77. The van der Waals surface area contributed by atoms with E-state index in [2.05, 4.69) is 79.1 Å². The average molecular weight is 1420 g/mol. The van der Waals surface area contributed by atoms with E-state index in [1.165, 1.54) is 36.8 Å². The molecule has 3 saturated heterocycles. The van der Waals surface area contributed by atoms with Gasteiger partial charge in [0.05, 0.1) is 19.4 Å². The molecule has 19 N–H and O–H groups in total. The molecule has 3 fully saturated rings. The van der Waals surface area contributed by atoms with Crippen molar-refractivity contribution in [3.63, 3.8) is 0 Å². The van der Waals surface area contributed by atoms with Crippen LogP contribution in [0.25, 0.3) is 0 Å². The fourth-order valence-electron chi connectivity index (χ4n) is 9.66. The highest BCUT2D eigenvalue weighted by atomic mass is 33.1. The van der Waals surface area contributed by atoms with E-state index in [0.29, 0.717) is 18.4 Å². The molecule has 4 heterocycles. The number of phenolic OH excluding ortho intramolecular Hbond substituents is 1. The van der Waals surface area contributed by atoms with Crippen molar-refractivity contribution in [3.05, 3.63) is 48.0 Å². The Bertz CT molecular complexity index is 3100. The number of hydrogen-bond donors (Lipinski definition) is 18. The molecule has 0 aliphatic carbocycles. The molecule has 11 atom stereocenters. The van der Waals surface area contributed by atoms with Crippen LogP contribution in [-0.4, -0.2) is 223 Å². The molecular weight excluding hydrogens is 1340 g/mol. The van der Waals surface area contributed by atoms with Gasteiger partial charge in [0.1, 0.15) is 72.2 Å². The molecule has 13 amide bonds. The number of H-pyrrole nitrogens is 1. The Hall–Kier alpha value is -8.36. The minimum atomic E-state index is -1.77. The Morgan fingerprint density at radius 1 is 0.625 bits per heavy atom. The second-order valence-electron chi connectivity index (χ2n) is 23.5. The first-order chi connectivity index (χ1) is 45.6. The third-order valence-electron chi connectivity index (χ3n) is 14.9. The van der Waals surface area contributed by atoms with Crippen LogP contribution in [0.2, 0.25) is 0 Å². The molecule has 0 unspecified atom stereocenters. The van der Waals surface area contributed by atoms with E-state index in [1.54, 1.807) is 27.7 Å². The minimum absolute atomic E-state index is 0.0204. The third-order valence-corrected chi connectivity index (χ3v) is 19.7. The van der Waals surface area contributed by atoms with Crippen LogP contribution in [0.1, 0.15) is 90.3 Å². The van der Waals surface area contributed by atoms with Crippen LogP contribution in [0.15, 0.2) is 36.8 Å². The first-order valence-electron chi connectivity index (χ1n) is 30.9. The normalized spacial score (nSPS) is 24.7. The van der Waals surface area contributed by atoms with Crippen LogP contribution < -0.4 is 74.9 Å². The summed E-state index contributed by atoms with van der Waals surface area (Å²) < 4.78 is 0. The van der Waals surface area contributed by atoms with Crippen molar-refractivity contribution in [2.24, 2.45) is 17.6 Å². The zero-order chi connectivity index (χ0) is 70.6. The van der Waals surface area contributed by atoms with Crippen LogP contribution >= 0.6 is 43.2 Å². The van der Waals surface area contributed by atoms with Gasteiger partial charge in [0.25, 0.3) is 0 Å². The number of fused-ring (bicyclic) bond motifs is 5. The van der Waals surface area contributed by atoms with Gasteiger partial charge < -0.3 is 95.2 Å². The van der Waals surface area contributed by atoms with Gasteiger partial charge in [-0.05, 0) is 74.6 Å². The van der Waals surface area contributed by atoms with E-state index in [0.717, 1.165) is 43.2 Å². The summed E-state index contributed by atoms with van der Waals surface area (Å²) in [5.41, 5.74) is 6.51. The number of imidazole rings is 1. The minimum Gasteiger partial charge on any atom is -0.508 e. The number of nitrogens with two attached hydrogens (primary N) is 1. The van der Waals surface area contributed by atoms with E-state index in [9.17, 15) is 87.2 Å². The maximum atomic E-state index is 14.9. The van der Waals surface area contributed by atoms with Gasteiger partial charge in [-0.2, -0.15) is 0 Å². The lowest BCUT2D eigenvalue weighted by molar-refractivity contribution is -0.142. The average Bonchev–Trinajstić information content (AvgIpc) is 1.66. The number of unbranched alkanes of at least 4 members (excludes halogenated alkanes) is 1. The number of nitrogens with one attached hydrogen (secondary N) is 14. The van der Waals surface area contributed by atoms with Crippen LogP contribution in [0.3, 0.4) is 0 Å². The fourth-order valence-corrected chi connectivity index (χ4v) is 14.3. The molecular formula is C58H84N16O18S4. The number of carboxylic acids is 2. The standard InChI is InChI=1S/C58H84N16O18S4/c1-28(2)17-36-52(85)71-40-24-94-93-23-39(49(82)62-21-44(77)65-37(18-30-8-10-32(75)11-9-30)53(86)66-33(50(83)68-36)7-5-6-16-59)70-56(89)41(72-57(90)47(29(3)4)74-45(78)22-61-48(81)34-12-14-43(76)64-34)25-95-96-26-42(58(91)92)73-51(84)35(13-15-46(79)80)67-54(87)38(69-55(40)88)19-31-20-60-27-63-31/h8-11,20,27-29,33-42,47,75H,5-7,12-19,21-26,59H2,1-4H3,(H,60,63)(H,61,81)(H,62,82)(H,64,76)(H,65,77)(H,66,86)(H,67,87)(H,68,83)(H,69,88)(H,70,89)(H,71,85)(H,72,90)(H,73,84)(H,74,78)(H,79,80)(H,91,92)/t33-,34-,35+,36-,37-,38-,39-,40-,41-,42-,47-/m0/s1. The molecule has 0 radical (unpaired) electrons. The number of aromatic nitrogens is 2. The summed E-state index contributed by atoms with van der Waals surface area (Å²) in [6.45, 7) is 5.36. The maximum absolute atomic E-state index is 14.9. The van der Waals surface area contributed by atoms with E-state index >= 15 is 0 Å². The predicted molar refractivity (Wildman–Crippen MR) is 352 cm³/mol. The number of aliphatic carboxylic acids is 2. The molecule has 528 valence electrons. The Balaban J connectivity index is 1.61.